The molecule has 0 spiro atoms. The first kappa shape index (κ1) is 16.4. The van der Waals surface area contributed by atoms with Crippen LogP contribution in [0.5, 0.6) is 0 Å². The highest BCUT2D eigenvalue weighted by atomic mass is 19.1. The number of carbonyl (C=O) groups is 3. The molecule has 0 bridgehead atoms. The standard InChI is InChI=1S/C17H19FN2O4/c1-10-7-13(10)14(21)19-12-4-2-3-11(8-12)15(22)20-6-5-17(18,9-20)16(23)24/h2-4,8,10,13H,5-7,9H2,1H3,(H,19,21)(H,23,24). The van der Waals surface area contributed by atoms with Crippen LogP contribution in [0.1, 0.15) is 30.1 Å². The highest BCUT2D eigenvalue weighted by Gasteiger charge is 2.47. The first-order valence-corrected chi connectivity index (χ1v) is 7.93. The summed E-state index contributed by atoms with van der Waals surface area (Å²) in [4.78, 5) is 36.5. The Kier molecular flexibility index (Phi) is 4.03. The lowest BCUT2D eigenvalue weighted by Gasteiger charge is -2.18. The lowest BCUT2D eigenvalue weighted by atomic mass is 10.1. The smallest absolute Gasteiger partial charge is 0.343 e. The van der Waals surface area contributed by atoms with Gasteiger partial charge in [-0.25, -0.2) is 9.18 Å². The molecule has 0 radical (unpaired) electrons. The molecule has 0 aromatic heterocycles. The van der Waals surface area contributed by atoms with E-state index in [4.69, 9.17) is 5.11 Å². The first-order valence-electron chi connectivity index (χ1n) is 7.93. The van der Waals surface area contributed by atoms with Crippen LogP contribution in [0.25, 0.3) is 0 Å². The van der Waals surface area contributed by atoms with Gasteiger partial charge in [-0.1, -0.05) is 13.0 Å². The van der Waals surface area contributed by atoms with Gasteiger partial charge in [0.15, 0.2) is 0 Å². The van der Waals surface area contributed by atoms with E-state index in [1.165, 1.54) is 11.0 Å². The molecule has 2 fully saturated rings. The molecule has 7 heteroatoms. The number of nitrogens with zero attached hydrogens (tertiary/aromatic N) is 1. The Morgan fingerprint density at radius 2 is 2.08 bits per heavy atom. The van der Waals surface area contributed by atoms with Gasteiger partial charge < -0.3 is 15.3 Å². The predicted octanol–water partition coefficient (Wildman–Crippen LogP) is 1.92. The van der Waals surface area contributed by atoms with E-state index < -0.39 is 24.1 Å². The number of alkyl halides is 1. The average molecular weight is 334 g/mol. The summed E-state index contributed by atoms with van der Waals surface area (Å²) in [6.45, 7) is 1.60. The molecular formula is C17H19FN2O4. The Hall–Kier alpha value is -2.44. The topological polar surface area (TPSA) is 86.7 Å². The molecule has 1 aromatic rings. The second kappa shape index (κ2) is 5.89. The number of nitrogens with one attached hydrogen (secondary N) is 1. The van der Waals surface area contributed by atoms with Crippen molar-refractivity contribution in [1.82, 2.24) is 4.90 Å². The van der Waals surface area contributed by atoms with Crippen LogP contribution in [-0.4, -0.2) is 46.5 Å². The molecule has 128 valence electrons. The Morgan fingerprint density at radius 1 is 1.38 bits per heavy atom. The molecule has 1 aromatic carbocycles. The second-order valence-electron chi connectivity index (χ2n) is 6.64. The minimum absolute atomic E-state index is 0.0191. The molecule has 1 aliphatic carbocycles. The van der Waals surface area contributed by atoms with Crippen molar-refractivity contribution in [2.75, 3.05) is 18.4 Å². The van der Waals surface area contributed by atoms with Gasteiger partial charge >= 0.3 is 5.97 Å². The van der Waals surface area contributed by atoms with Crippen molar-refractivity contribution < 1.29 is 23.9 Å². The van der Waals surface area contributed by atoms with Crippen LogP contribution >= 0.6 is 0 Å². The maximum absolute atomic E-state index is 14.1. The summed E-state index contributed by atoms with van der Waals surface area (Å²) < 4.78 is 14.1. The largest absolute Gasteiger partial charge is 0.479 e. The van der Waals surface area contributed by atoms with Crippen molar-refractivity contribution in [3.05, 3.63) is 29.8 Å². The minimum Gasteiger partial charge on any atom is -0.479 e. The first-order chi connectivity index (χ1) is 11.3. The third kappa shape index (κ3) is 3.11. The van der Waals surface area contributed by atoms with Crippen LogP contribution in [0.3, 0.4) is 0 Å². The van der Waals surface area contributed by atoms with Gasteiger partial charge in [0.25, 0.3) is 5.91 Å². The molecule has 1 saturated heterocycles. The Bertz CT molecular complexity index is 708. The van der Waals surface area contributed by atoms with Gasteiger partial charge in [0.1, 0.15) is 0 Å². The molecule has 1 aliphatic heterocycles. The van der Waals surface area contributed by atoms with Crippen LogP contribution in [0.4, 0.5) is 10.1 Å². The zero-order valence-electron chi connectivity index (χ0n) is 13.3. The fraction of sp³-hybridized carbons (Fsp3) is 0.471. The van der Waals surface area contributed by atoms with Crippen LogP contribution in [0.2, 0.25) is 0 Å². The number of hydrogen-bond acceptors (Lipinski definition) is 3. The number of amides is 2. The van der Waals surface area contributed by atoms with Crippen molar-refractivity contribution >= 4 is 23.5 Å². The van der Waals surface area contributed by atoms with Crippen LogP contribution < -0.4 is 5.32 Å². The Morgan fingerprint density at radius 3 is 2.67 bits per heavy atom. The molecule has 3 rings (SSSR count). The number of carboxylic acids is 1. The SMILES string of the molecule is CC1CC1C(=O)Nc1cccc(C(=O)N2CCC(F)(C(=O)O)C2)c1. The number of anilines is 1. The number of benzene rings is 1. The quantitative estimate of drug-likeness (QED) is 0.881. The van der Waals surface area contributed by atoms with Crippen LogP contribution in [0.15, 0.2) is 24.3 Å². The minimum atomic E-state index is -2.39. The summed E-state index contributed by atoms with van der Waals surface area (Å²) in [5, 5.41) is 11.7. The predicted molar refractivity (Wildman–Crippen MR) is 84.3 cm³/mol. The van der Waals surface area contributed by atoms with E-state index in [-0.39, 0.29) is 24.8 Å². The van der Waals surface area contributed by atoms with Crippen LogP contribution in [-0.2, 0) is 9.59 Å². The lowest BCUT2D eigenvalue weighted by molar-refractivity contribution is -0.149. The highest BCUT2D eigenvalue weighted by Crippen LogP contribution is 2.38. The normalized spacial score (nSPS) is 28.5. The number of aliphatic carboxylic acids is 1. The van der Waals surface area contributed by atoms with E-state index in [2.05, 4.69) is 5.32 Å². The van der Waals surface area contributed by atoms with Gasteiger partial charge in [-0.05, 0) is 30.5 Å². The highest BCUT2D eigenvalue weighted by molar-refractivity contribution is 5.98. The summed E-state index contributed by atoms with van der Waals surface area (Å²) in [5.41, 5.74) is -1.58. The van der Waals surface area contributed by atoms with Crippen molar-refractivity contribution in [1.29, 1.82) is 0 Å². The number of carboxylic acid groups (broad SMARTS) is 1. The van der Waals surface area contributed by atoms with Crippen LogP contribution in [0, 0.1) is 11.8 Å². The van der Waals surface area contributed by atoms with E-state index in [9.17, 15) is 18.8 Å². The molecule has 2 amide bonds. The molecular weight excluding hydrogens is 315 g/mol. The third-order valence-corrected chi connectivity index (χ3v) is 4.71. The van der Waals surface area contributed by atoms with Gasteiger partial charge in [-0.3, -0.25) is 9.59 Å². The van der Waals surface area contributed by atoms with E-state index in [1.807, 2.05) is 6.92 Å². The van der Waals surface area contributed by atoms with Crippen molar-refractivity contribution in [3.63, 3.8) is 0 Å². The van der Waals surface area contributed by atoms with Crippen molar-refractivity contribution in [2.45, 2.75) is 25.4 Å². The number of hydrogen-bond donors (Lipinski definition) is 2. The summed E-state index contributed by atoms with van der Waals surface area (Å²) in [6.07, 6.45) is 0.649. The fourth-order valence-corrected chi connectivity index (χ4v) is 2.96. The molecule has 3 unspecified atom stereocenters. The van der Waals surface area contributed by atoms with E-state index >= 15 is 0 Å². The van der Waals surface area contributed by atoms with Crippen molar-refractivity contribution in [3.8, 4) is 0 Å². The maximum atomic E-state index is 14.1. The number of rotatable bonds is 4. The zero-order chi connectivity index (χ0) is 17.5. The van der Waals surface area contributed by atoms with E-state index in [1.54, 1.807) is 18.2 Å². The lowest BCUT2D eigenvalue weighted by Crippen LogP contribution is -2.38. The van der Waals surface area contributed by atoms with Gasteiger partial charge in [-0.15, -0.1) is 0 Å². The van der Waals surface area contributed by atoms with E-state index in [0.717, 1.165) is 6.42 Å². The molecule has 1 saturated carbocycles. The number of halogens is 1. The molecule has 6 nitrogen and oxygen atoms in total. The summed E-state index contributed by atoms with van der Waals surface area (Å²) >= 11 is 0. The summed E-state index contributed by atoms with van der Waals surface area (Å²) in [7, 11) is 0. The molecule has 24 heavy (non-hydrogen) atoms. The molecule has 1 heterocycles. The Balaban J connectivity index is 1.69. The Labute approximate surface area is 138 Å². The number of likely N-dealkylation sites (tertiary alicyclic amines) is 1. The van der Waals surface area contributed by atoms with Gasteiger partial charge in [0.2, 0.25) is 11.6 Å². The second-order valence-corrected chi connectivity index (χ2v) is 6.64. The molecule has 3 atom stereocenters. The fourth-order valence-electron chi connectivity index (χ4n) is 2.96. The molecule has 2 aliphatic rings. The zero-order valence-corrected chi connectivity index (χ0v) is 13.3. The average Bonchev–Trinajstić information content (AvgIpc) is 3.14. The third-order valence-electron chi connectivity index (χ3n) is 4.71. The van der Waals surface area contributed by atoms with Crippen molar-refractivity contribution in [2.24, 2.45) is 11.8 Å². The van der Waals surface area contributed by atoms with E-state index in [0.29, 0.717) is 17.2 Å². The van der Waals surface area contributed by atoms with Gasteiger partial charge in [0.05, 0.1) is 6.54 Å². The van der Waals surface area contributed by atoms with Gasteiger partial charge in [-0.2, -0.15) is 0 Å². The van der Waals surface area contributed by atoms with Gasteiger partial charge in [0, 0.05) is 30.1 Å². The number of carbonyl (C=O) groups excluding carboxylic acids is 2. The molecule has 2 N–H and O–H groups in total. The monoisotopic (exact) mass is 334 g/mol. The summed E-state index contributed by atoms with van der Waals surface area (Å²) in [6, 6.07) is 6.42. The maximum Gasteiger partial charge on any atom is 0.343 e. The summed E-state index contributed by atoms with van der Waals surface area (Å²) in [5.74, 6) is -1.65.